The van der Waals surface area contributed by atoms with Crippen LogP contribution in [0.5, 0.6) is 10.9 Å². The molecule has 0 aliphatic carbocycles. The van der Waals surface area contributed by atoms with E-state index in [4.69, 9.17) is 4.74 Å². The van der Waals surface area contributed by atoms with Gasteiger partial charge >= 0.3 is 0 Å². The number of ether oxygens (including phenoxy) is 1. The first kappa shape index (κ1) is 8.65. The molecule has 0 bridgehead atoms. The molecule has 0 saturated heterocycles. The van der Waals surface area contributed by atoms with Gasteiger partial charge in [-0.15, -0.1) is 0 Å². The van der Waals surface area contributed by atoms with E-state index in [0.717, 1.165) is 5.75 Å². The molecule has 0 aliphatic heterocycles. The van der Waals surface area contributed by atoms with Crippen LogP contribution in [0, 0.1) is 6.07 Å². The molecule has 1 aromatic carbocycles. The molecule has 0 aliphatic rings. The zero-order chi connectivity index (χ0) is 9.10. The highest BCUT2D eigenvalue weighted by Crippen LogP contribution is 2.23. The standard InChI is InChI=1S/C8H4BrN2OS/c9-7-10-8(13-11-7)12-6-4-2-1-3-5-6/h2-5H. The molecule has 2 rings (SSSR count). The number of halogens is 1. The zero-order valence-corrected chi connectivity index (χ0v) is 8.80. The number of hydrogen-bond donors (Lipinski definition) is 0. The van der Waals surface area contributed by atoms with Crippen molar-refractivity contribution in [3.63, 3.8) is 0 Å². The van der Waals surface area contributed by atoms with E-state index in [0.29, 0.717) is 9.93 Å². The Morgan fingerprint density at radius 3 is 2.77 bits per heavy atom. The lowest BCUT2D eigenvalue weighted by atomic mass is 10.3. The van der Waals surface area contributed by atoms with Gasteiger partial charge in [0.05, 0.1) is 0 Å². The van der Waals surface area contributed by atoms with Gasteiger partial charge in [0.1, 0.15) is 5.75 Å². The van der Waals surface area contributed by atoms with Crippen molar-refractivity contribution < 1.29 is 4.74 Å². The molecule has 1 heterocycles. The van der Waals surface area contributed by atoms with Crippen molar-refractivity contribution in [2.24, 2.45) is 0 Å². The first-order chi connectivity index (χ1) is 6.34. The lowest BCUT2D eigenvalue weighted by Crippen LogP contribution is -1.81. The second-order valence-electron chi connectivity index (χ2n) is 2.17. The first-order valence-corrected chi connectivity index (χ1v) is 5.04. The van der Waals surface area contributed by atoms with E-state index in [1.165, 1.54) is 11.5 Å². The van der Waals surface area contributed by atoms with Crippen LogP contribution in [0.4, 0.5) is 0 Å². The predicted octanol–water partition coefficient (Wildman–Crippen LogP) is 2.89. The van der Waals surface area contributed by atoms with Gasteiger partial charge < -0.3 is 4.74 Å². The molecular formula is C8H4BrN2OS. The van der Waals surface area contributed by atoms with Crippen LogP contribution >= 0.6 is 27.5 Å². The molecule has 0 amide bonds. The highest BCUT2D eigenvalue weighted by atomic mass is 79.9. The Hall–Kier alpha value is -0.940. The maximum absolute atomic E-state index is 5.39. The second-order valence-corrected chi connectivity index (χ2v) is 3.59. The highest BCUT2D eigenvalue weighted by molar-refractivity contribution is 9.10. The quantitative estimate of drug-likeness (QED) is 0.828. The SMILES string of the molecule is Brc1nsc(Oc2cc[c]cc2)n1. The smallest absolute Gasteiger partial charge is 0.299 e. The molecule has 1 aromatic heterocycles. The highest BCUT2D eigenvalue weighted by Gasteiger charge is 2.02. The van der Waals surface area contributed by atoms with Gasteiger partial charge in [0, 0.05) is 11.5 Å². The van der Waals surface area contributed by atoms with Crippen LogP contribution in [-0.4, -0.2) is 9.36 Å². The second kappa shape index (κ2) is 3.85. The van der Waals surface area contributed by atoms with Crippen LogP contribution in [0.1, 0.15) is 0 Å². The van der Waals surface area contributed by atoms with Crippen molar-refractivity contribution in [1.29, 1.82) is 0 Å². The fraction of sp³-hybridized carbons (Fsp3) is 0. The molecule has 13 heavy (non-hydrogen) atoms. The minimum Gasteiger partial charge on any atom is -0.430 e. The number of hydrogen-bond acceptors (Lipinski definition) is 4. The number of rotatable bonds is 2. The molecule has 0 spiro atoms. The van der Waals surface area contributed by atoms with E-state index < -0.39 is 0 Å². The van der Waals surface area contributed by atoms with Crippen LogP contribution in [0.3, 0.4) is 0 Å². The maximum atomic E-state index is 5.39. The third-order valence-corrected chi connectivity index (χ3v) is 2.46. The number of nitrogens with zero attached hydrogens (tertiary/aromatic N) is 2. The Balaban J connectivity index is 2.15. The third-order valence-electron chi connectivity index (χ3n) is 1.28. The fourth-order valence-corrected chi connectivity index (χ4v) is 1.73. The Kier molecular flexibility index (Phi) is 2.56. The van der Waals surface area contributed by atoms with E-state index in [1.807, 2.05) is 12.1 Å². The molecule has 3 nitrogen and oxygen atoms in total. The van der Waals surface area contributed by atoms with Gasteiger partial charge in [-0.3, -0.25) is 0 Å². The minimum absolute atomic E-state index is 0.526. The monoisotopic (exact) mass is 255 g/mol. The van der Waals surface area contributed by atoms with Gasteiger partial charge in [-0.05, 0) is 34.1 Å². The van der Waals surface area contributed by atoms with Crippen molar-refractivity contribution in [3.05, 3.63) is 35.1 Å². The van der Waals surface area contributed by atoms with Crippen LogP contribution in [0.2, 0.25) is 0 Å². The summed E-state index contributed by atoms with van der Waals surface area (Å²) in [6, 6.07) is 10.1. The van der Waals surface area contributed by atoms with Crippen molar-refractivity contribution in [1.82, 2.24) is 9.36 Å². The van der Waals surface area contributed by atoms with Gasteiger partial charge in [0.2, 0.25) is 4.73 Å². The topological polar surface area (TPSA) is 35.0 Å². The van der Waals surface area contributed by atoms with Gasteiger partial charge in [-0.1, -0.05) is 12.1 Å². The van der Waals surface area contributed by atoms with Crippen LogP contribution < -0.4 is 4.74 Å². The molecule has 5 heteroatoms. The van der Waals surface area contributed by atoms with Crippen molar-refractivity contribution >= 4 is 27.5 Å². The van der Waals surface area contributed by atoms with E-state index in [2.05, 4.69) is 31.4 Å². The molecule has 0 unspecified atom stereocenters. The van der Waals surface area contributed by atoms with E-state index in [1.54, 1.807) is 12.1 Å². The molecule has 65 valence electrons. The summed E-state index contributed by atoms with van der Waals surface area (Å²) in [5.74, 6) is 0.738. The molecule has 0 fully saturated rings. The van der Waals surface area contributed by atoms with E-state index in [-0.39, 0.29) is 0 Å². The lowest BCUT2D eigenvalue weighted by Gasteiger charge is -1.97. The van der Waals surface area contributed by atoms with Crippen LogP contribution in [0.15, 0.2) is 29.0 Å². The summed E-state index contributed by atoms with van der Waals surface area (Å²) in [4.78, 5) is 4.00. The fourth-order valence-electron chi connectivity index (χ4n) is 0.775. The maximum Gasteiger partial charge on any atom is 0.299 e. The Morgan fingerprint density at radius 2 is 2.15 bits per heavy atom. The van der Waals surface area contributed by atoms with Gasteiger partial charge in [-0.2, -0.15) is 9.36 Å². The predicted molar refractivity (Wildman–Crippen MR) is 53.0 cm³/mol. The summed E-state index contributed by atoms with van der Waals surface area (Å²) in [7, 11) is 0. The molecule has 0 atom stereocenters. The summed E-state index contributed by atoms with van der Waals surface area (Å²) in [5.41, 5.74) is 0. The first-order valence-electron chi connectivity index (χ1n) is 3.48. The van der Waals surface area contributed by atoms with Crippen molar-refractivity contribution in [2.75, 3.05) is 0 Å². The van der Waals surface area contributed by atoms with E-state index in [9.17, 15) is 0 Å². The summed E-state index contributed by atoms with van der Waals surface area (Å²) < 4.78 is 9.87. The molecule has 2 aromatic rings. The molecule has 0 N–H and O–H groups in total. The minimum atomic E-state index is 0.526. The average molecular weight is 256 g/mol. The summed E-state index contributed by atoms with van der Waals surface area (Å²) in [6.07, 6.45) is 0. The number of benzene rings is 1. The van der Waals surface area contributed by atoms with Gasteiger partial charge in [0.25, 0.3) is 5.19 Å². The summed E-state index contributed by atoms with van der Waals surface area (Å²) in [6.45, 7) is 0. The summed E-state index contributed by atoms with van der Waals surface area (Å²) >= 11 is 4.35. The Morgan fingerprint density at radius 1 is 1.38 bits per heavy atom. The van der Waals surface area contributed by atoms with Gasteiger partial charge in [0.15, 0.2) is 0 Å². The Labute approximate surface area is 87.7 Å². The Bertz CT molecular complexity index is 390. The van der Waals surface area contributed by atoms with E-state index >= 15 is 0 Å². The van der Waals surface area contributed by atoms with Crippen molar-refractivity contribution in [3.8, 4) is 10.9 Å². The third kappa shape index (κ3) is 2.26. The van der Waals surface area contributed by atoms with Crippen LogP contribution in [-0.2, 0) is 0 Å². The summed E-state index contributed by atoms with van der Waals surface area (Å²) in [5, 5.41) is 0.526. The number of aromatic nitrogens is 2. The zero-order valence-electron chi connectivity index (χ0n) is 6.40. The normalized spacial score (nSPS) is 9.92. The average Bonchev–Trinajstić information content (AvgIpc) is 2.53. The van der Waals surface area contributed by atoms with Crippen molar-refractivity contribution in [2.45, 2.75) is 0 Å². The van der Waals surface area contributed by atoms with Gasteiger partial charge in [-0.25, -0.2) is 0 Å². The molecule has 1 radical (unpaired) electrons. The molecule has 0 saturated carbocycles. The lowest BCUT2D eigenvalue weighted by molar-refractivity contribution is 0.478. The molecular weight excluding hydrogens is 252 g/mol. The van der Waals surface area contributed by atoms with Crippen LogP contribution in [0.25, 0.3) is 0 Å². The largest absolute Gasteiger partial charge is 0.430 e.